The molecular weight excluding hydrogens is 323 g/mol. The Labute approximate surface area is 144 Å². The van der Waals surface area contributed by atoms with Crippen LogP contribution >= 0.6 is 0 Å². The van der Waals surface area contributed by atoms with Crippen molar-refractivity contribution < 1.29 is 18.1 Å². The number of furan rings is 1. The number of nitrogens with zero attached hydrogens (tertiary/aromatic N) is 1. The van der Waals surface area contributed by atoms with E-state index in [1.54, 1.807) is 24.3 Å². The first kappa shape index (κ1) is 17.0. The maximum Gasteiger partial charge on any atom is 0.220 e. The molecule has 1 aromatic carbocycles. The molecule has 1 amide bonds. The minimum absolute atomic E-state index is 0.154. The minimum Gasteiger partial charge on any atom is -0.459 e. The van der Waals surface area contributed by atoms with Crippen LogP contribution in [-0.2, 0) is 17.8 Å². The molecule has 0 unspecified atom stereocenters. The number of amides is 1. The second kappa shape index (κ2) is 7.34. The lowest BCUT2D eigenvalue weighted by Gasteiger charge is -2.04. The van der Waals surface area contributed by atoms with Gasteiger partial charge in [0.15, 0.2) is 0 Å². The Kier molecular flexibility index (Phi) is 4.97. The quantitative estimate of drug-likeness (QED) is 0.737. The molecule has 0 radical (unpaired) electrons. The Balaban J connectivity index is 1.54. The van der Waals surface area contributed by atoms with Crippen molar-refractivity contribution in [3.8, 4) is 11.3 Å². The number of benzene rings is 1. The molecule has 0 aliphatic heterocycles. The van der Waals surface area contributed by atoms with Crippen LogP contribution in [0.2, 0.25) is 0 Å². The topological polar surface area (TPSA) is 68.3 Å². The van der Waals surface area contributed by atoms with E-state index in [1.807, 2.05) is 19.9 Å². The molecule has 0 saturated heterocycles. The van der Waals surface area contributed by atoms with Gasteiger partial charge in [-0.2, -0.15) is 0 Å². The highest BCUT2D eigenvalue weighted by Crippen LogP contribution is 2.28. The van der Waals surface area contributed by atoms with Gasteiger partial charge in [-0.05, 0) is 44.0 Å². The molecule has 2 heterocycles. The first-order valence-electron chi connectivity index (χ1n) is 8.06. The number of carbonyl (C=O) groups is 1. The fraction of sp³-hybridized carbons (Fsp3) is 0.263. The summed E-state index contributed by atoms with van der Waals surface area (Å²) in [6.45, 7) is 3.94. The van der Waals surface area contributed by atoms with Crippen molar-refractivity contribution in [3.05, 3.63) is 65.0 Å². The molecule has 0 saturated carbocycles. The van der Waals surface area contributed by atoms with E-state index in [-0.39, 0.29) is 24.7 Å². The number of nitrogens with one attached hydrogen (secondary N) is 1. The van der Waals surface area contributed by atoms with Crippen LogP contribution in [0.5, 0.6) is 0 Å². The molecule has 0 aliphatic carbocycles. The van der Waals surface area contributed by atoms with Gasteiger partial charge >= 0.3 is 0 Å². The van der Waals surface area contributed by atoms with Crippen LogP contribution in [0.4, 0.5) is 4.39 Å². The molecule has 0 bridgehead atoms. The average Bonchev–Trinajstić information content (AvgIpc) is 3.18. The van der Waals surface area contributed by atoms with E-state index in [2.05, 4.69) is 10.5 Å². The van der Waals surface area contributed by atoms with E-state index >= 15 is 0 Å². The maximum atomic E-state index is 13.5. The first-order valence-corrected chi connectivity index (χ1v) is 8.06. The van der Waals surface area contributed by atoms with Gasteiger partial charge in [0.2, 0.25) is 5.91 Å². The van der Waals surface area contributed by atoms with Crippen LogP contribution < -0.4 is 5.32 Å². The third kappa shape index (κ3) is 3.96. The molecule has 0 fully saturated rings. The van der Waals surface area contributed by atoms with Gasteiger partial charge < -0.3 is 14.3 Å². The van der Waals surface area contributed by atoms with Crippen LogP contribution in [0.15, 0.2) is 45.3 Å². The van der Waals surface area contributed by atoms with Crippen molar-refractivity contribution in [1.82, 2.24) is 10.5 Å². The smallest absolute Gasteiger partial charge is 0.220 e. The van der Waals surface area contributed by atoms with Gasteiger partial charge in [-0.15, -0.1) is 0 Å². The van der Waals surface area contributed by atoms with Crippen molar-refractivity contribution in [2.24, 2.45) is 0 Å². The van der Waals surface area contributed by atoms with E-state index in [0.717, 1.165) is 11.3 Å². The Morgan fingerprint density at radius 3 is 2.72 bits per heavy atom. The summed E-state index contributed by atoms with van der Waals surface area (Å²) < 4.78 is 24.4. The third-order valence-electron chi connectivity index (χ3n) is 3.98. The van der Waals surface area contributed by atoms with E-state index in [9.17, 15) is 9.18 Å². The normalized spacial score (nSPS) is 10.8. The largest absolute Gasteiger partial charge is 0.459 e. The van der Waals surface area contributed by atoms with Crippen molar-refractivity contribution in [2.75, 3.05) is 0 Å². The summed E-state index contributed by atoms with van der Waals surface area (Å²) in [5.41, 5.74) is 2.13. The first-order chi connectivity index (χ1) is 12.0. The van der Waals surface area contributed by atoms with E-state index in [0.29, 0.717) is 29.3 Å². The predicted octanol–water partition coefficient (Wildman–Crippen LogP) is 3.94. The van der Waals surface area contributed by atoms with Crippen molar-refractivity contribution in [2.45, 2.75) is 33.2 Å². The van der Waals surface area contributed by atoms with Crippen LogP contribution in [0.3, 0.4) is 0 Å². The highest BCUT2D eigenvalue weighted by molar-refractivity contribution is 5.76. The van der Waals surface area contributed by atoms with Gasteiger partial charge in [-0.3, -0.25) is 4.79 Å². The Morgan fingerprint density at radius 1 is 1.20 bits per heavy atom. The zero-order valence-electron chi connectivity index (χ0n) is 14.1. The SMILES string of the molecule is Cc1noc(C)c1-c1ccc(CNC(=O)CCc2ccccc2F)o1. The van der Waals surface area contributed by atoms with E-state index < -0.39 is 0 Å². The number of hydrogen-bond acceptors (Lipinski definition) is 4. The molecule has 3 aromatic rings. The molecule has 2 aromatic heterocycles. The number of rotatable bonds is 6. The average molecular weight is 342 g/mol. The van der Waals surface area contributed by atoms with Gasteiger partial charge in [0.1, 0.15) is 23.1 Å². The summed E-state index contributed by atoms with van der Waals surface area (Å²) in [6, 6.07) is 10.1. The number of aryl methyl sites for hydroxylation is 3. The molecule has 25 heavy (non-hydrogen) atoms. The maximum absolute atomic E-state index is 13.5. The zero-order valence-corrected chi connectivity index (χ0v) is 14.1. The predicted molar refractivity (Wildman–Crippen MR) is 90.2 cm³/mol. The second-order valence-corrected chi connectivity index (χ2v) is 5.83. The lowest BCUT2D eigenvalue weighted by Crippen LogP contribution is -2.22. The number of halogens is 1. The van der Waals surface area contributed by atoms with E-state index in [4.69, 9.17) is 8.94 Å². The van der Waals surface area contributed by atoms with Crippen molar-refractivity contribution >= 4 is 5.91 Å². The summed E-state index contributed by atoms with van der Waals surface area (Å²) in [7, 11) is 0. The lowest BCUT2D eigenvalue weighted by atomic mass is 10.1. The Bertz CT molecular complexity index is 863. The standard InChI is InChI=1S/C19H19FN2O3/c1-12-19(13(2)25-22-12)17-9-8-15(24-17)11-21-18(23)10-7-14-5-3-4-6-16(14)20/h3-6,8-9H,7,10-11H2,1-2H3,(H,21,23). The minimum atomic E-state index is -0.287. The molecule has 6 heteroatoms. The monoisotopic (exact) mass is 342 g/mol. The zero-order chi connectivity index (χ0) is 17.8. The Hall–Kier alpha value is -2.89. The van der Waals surface area contributed by atoms with Crippen LogP contribution in [0, 0.1) is 19.7 Å². The van der Waals surface area contributed by atoms with Gasteiger partial charge in [-0.25, -0.2) is 4.39 Å². The number of aromatic nitrogens is 1. The van der Waals surface area contributed by atoms with Gasteiger partial charge in [-0.1, -0.05) is 23.4 Å². The fourth-order valence-corrected chi connectivity index (χ4v) is 2.67. The molecule has 130 valence electrons. The Morgan fingerprint density at radius 2 is 2.00 bits per heavy atom. The van der Waals surface area contributed by atoms with Crippen molar-refractivity contribution in [3.63, 3.8) is 0 Å². The van der Waals surface area contributed by atoms with Crippen LogP contribution in [0.1, 0.15) is 29.2 Å². The van der Waals surface area contributed by atoms with Gasteiger partial charge in [0, 0.05) is 6.42 Å². The molecule has 5 nitrogen and oxygen atoms in total. The van der Waals surface area contributed by atoms with Crippen LogP contribution in [0.25, 0.3) is 11.3 Å². The highest BCUT2D eigenvalue weighted by atomic mass is 19.1. The van der Waals surface area contributed by atoms with Crippen molar-refractivity contribution in [1.29, 1.82) is 0 Å². The summed E-state index contributed by atoms with van der Waals surface area (Å²) in [5, 5.41) is 6.68. The number of carbonyl (C=O) groups excluding carboxylic acids is 1. The molecule has 0 atom stereocenters. The molecular formula is C19H19FN2O3. The molecule has 0 spiro atoms. The summed E-state index contributed by atoms with van der Waals surface area (Å²) in [5.74, 6) is 1.54. The fourth-order valence-electron chi connectivity index (χ4n) is 2.67. The summed E-state index contributed by atoms with van der Waals surface area (Å²) in [4.78, 5) is 11.9. The van der Waals surface area contributed by atoms with E-state index in [1.165, 1.54) is 6.07 Å². The number of hydrogen-bond donors (Lipinski definition) is 1. The second-order valence-electron chi connectivity index (χ2n) is 5.83. The lowest BCUT2D eigenvalue weighted by molar-refractivity contribution is -0.121. The van der Waals surface area contributed by atoms with Crippen LogP contribution in [-0.4, -0.2) is 11.1 Å². The van der Waals surface area contributed by atoms with Gasteiger partial charge in [0.25, 0.3) is 0 Å². The van der Waals surface area contributed by atoms with Gasteiger partial charge in [0.05, 0.1) is 17.8 Å². The molecule has 0 aliphatic rings. The molecule has 3 rings (SSSR count). The summed E-state index contributed by atoms with van der Waals surface area (Å²) >= 11 is 0. The third-order valence-corrected chi connectivity index (χ3v) is 3.98. The highest BCUT2D eigenvalue weighted by Gasteiger charge is 2.15. The summed E-state index contributed by atoms with van der Waals surface area (Å²) in [6.07, 6.45) is 0.583. The molecule has 1 N–H and O–H groups in total.